The minimum absolute atomic E-state index is 0.183. The second-order valence-electron chi connectivity index (χ2n) is 5.45. The van der Waals surface area contributed by atoms with Crippen LogP contribution in [0, 0.1) is 5.82 Å². The van der Waals surface area contributed by atoms with Crippen molar-refractivity contribution in [3.8, 4) is 0 Å². The van der Waals surface area contributed by atoms with E-state index in [4.69, 9.17) is 17.3 Å². The molecule has 2 unspecified atom stereocenters. The Morgan fingerprint density at radius 3 is 2.89 bits per heavy atom. The fourth-order valence-electron chi connectivity index (χ4n) is 2.79. The minimum atomic E-state index is -0.368. The van der Waals surface area contributed by atoms with Crippen LogP contribution in [-0.4, -0.2) is 30.6 Å². The van der Waals surface area contributed by atoms with Gasteiger partial charge < -0.3 is 10.6 Å². The lowest BCUT2D eigenvalue weighted by Crippen LogP contribution is -2.41. The molecule has 1 heterocycles. The molecular formula is C15H22ClFN2. The molecule has 2 rings (SSSR count). The summed E-state index contributed by atoms with van der Waals surface area (Å²) in [6.07, 6.45) is 3.82. The topological polar surface area (TPSA) is 29.3 Å². The summed E-state index contributed by atoms with van der Waals surface area (Å²) in [5.74, 6) is -0.147. The second kappa shape index (κ2) is 6.69. The van der Waals surface area contributed by atoms with Gasteiger partial charge in [-0.25, -0.2) is 4.39 Å². The Hall–Kier alpha value is -0.640. The highest BCUT2D eigenvalue weighted by molar-refractivity contribution is 6.30. The summed E-state index contributed by atoms with van der Waals surface area (Å²) in [6.45, 7) is 4.89. The van der Waals surface area contributed by atoms with Crippen LogP contribution in [0.4, 0.5) is 4.39 Å². The van der Waals surface area contributed by atoms with E-state index in [1.165, 1.54) is 25.3 Å². The number of piperidine rings is 1. The molecule has 0 amide bonds. The van der Waals surface area contributed by atoms with Gasteiger partial charge in [-0.1, -0.05) is 24.1 Å². The highest BCUT2D eigenvalue weighted by Gasteiger charge is 2.22. The van der Waals surface area contributed by atoms with E-state index in [0.717, 1.165) is 18.7 Å². The van der Waals surface area contributed by atoms with Crippen LogP contribution in [0.5, 0.6) is 0 Å². The fourth-order valence-corrected chi connectivity index (χ4v) is 2.98. The SMILES string of the molecule is CC1CCCCN1CC(CN)c1ccc(F)c(Cl)c1. The monoisotopic (exact) mass is 284 g/mol. The molecule has 1 aliphatic heterocycles. The lowest BCUT2D eigenvalue weighted by Gasteiger charge is -2.35. The highest BCUT2D eigenvalue weighted by Crippen LogP contribution is 2.25. The average Bonchev–Trinajstić information content (AvgIpc) is 2.41. The van der Waals surface area contributed by atoms with Gasteiger partial charge in [0.1, 0.15) is 5.82 Å². The Morgan fingerprint density at radius 1 is 1.47 bits per heavy atom. The number of nitrogens with two attached hydrogens (primary N) is 1. The Bertz CT molecular complexity index is 425. The van der Waals surface area contributed by atoms with Gasteiger partial charge in [-0.3, -0.25) is 0 Å². The number of likely N-dealkylation sites (tertiary alicyclic amines) is 1. The maximum Gasteiger partial charge on any atom is 0.141 e. The number of nitrogens with zero attached hydrogens (tertiary/aromatic N) is 1. The normalized spacial score (nSPS) is 22.4. The Labute approximate surface area is 119 Å². The van der Waals surface area contributed by atoms with E-state index in [1.807, 2.05) is 0 Å². The third kappa shape index (κ3) is 3.68. The number of halogens is 2. The van der Waals surface area contributed by atoms with Crippen molar-refractivity contribution in [2.45, 2.75) is 38.1 Å². The van der Waals surface area contributed by atoms with E-state index < -0.39 is 0 Å². The smallest absolute Gasteiger partial charge is 0.141 e. The molecule has 4 heteroatoms. The van der Waals surface area contributed by atoms with Crippen LogP contribution < -0.4 is 5.73 Å². The number of rotatable bonds is 4. The van der Waals surface area contributed by atoms with E-state index in [9.17, 15) is 4.39 Å². The van der Waals surface area contributed by atoms with Crippen molar-refractivity contribution in [3.63, 3.8) is 0 Å². The largest absolute Gasteiger partial charge is 0.330 e. The molecule has 0 spiro atoms. The summed E-state index contributed by atoms with van der Waals surface area (Å²) in [5.41, 5.74) is 6.93. The summed E-state index contributed by atoms with van der Waals surface area (Å²) >= 11 is 5.86. The maximum absolute atomic E-state index is 13.2. The average molecular weight is 285 g/mol. The molecule has 1 saturated heterocycles. The first kappa shape index (κ1) is 14.8. The first-order valence-electron chi connectivity index (χ1n) is 7.01. The van der Waals surface area contributed by atoms with Crippen molar-refractivity contribution in [1.82, 2.24) is 4.90 Å². The van der Waals surface area contributed by atoms with Crippen LogP contribution in [-0.2, 0) is 0 Å². The standard InChI is InChI=1S/C15H22ClFN2/c1-11-4-2-3-7-19(11)10-13(9-18)12-5-6-15(17)14(16)8-12/h5-6,8,11,13H,2-4,7,9-10,18H2,1H3. The number of hydrogen-bond donors (Lipinski definition) is 1. The lowest BCUT2D eigenvalue weighted by atomic mass is 9.95. The van der Waals surface area contributed by atoms with Crippen molar-refractivity contribution >= 4 is 11.6 Å². The van der Waals surface area contributed by atoms with E-state index >= 15 is 0 Å². The van der Waals surface area contributed by atoms with Gasteiger partial charge in [0, 0.05) is 25.0 Å². The van der Waals surface area contributed by atoms with Crippen molar-refractivity contribution in [3.05, 3.63) is 34.6 Å². The molecule has 0 radical (unpaired) electrons. The summed E-state index contributed by atoms with van der Waals surface area (Å²) in [5, 5.41) is 0.183. The summed E-state index contributed by atoms with van der Waals surface area (Å²) in [4.78, 5) is 2.48. The Morgan fingerprint density at radius 2 is 2.26 bits per heavy atom. The van der Waals surface area contributed by atoms with Gasteiger partial charge in [-0.15, -0.1) is 0 Å². The molecule has 2 nitrogen and oxygen atoms in total. The maximum atomic E-state index is 13.2. The molecule has 0 bridgehead atoms. The first-order valence-corrected chi connectivity index (χ1v) is 7.38. The van der Waals surface area contributed by atoms with E-state index in [1.54, 1.807) is 12.1 Å². The molecule has 2 N–H and O–H groups in total. The van der Waals surface area contributed by atoms with Gasteiger partial charge in [0.05, 0.1) is 5.02 Å². The molecule has 0 aromatic heterocycles. The number of hydrogen-bond acceptors (Lipinski definition) is 2. The van der Waals surface area contributed by atoms with Crippen LogP contribution in [0.2, 0.25) is 5.02 Å². The lowest BCUT2D eigenvalue weighted by molar-refractivity contribution is 0.152. The molecule has 1 fully saturated rings. The van der Waals surface area contributed by atoms with Gasteiger partial charge >= 0.3 is 0 Å². The van der Waals surface area contributed by atoms with Crippen LogP contribution in [0.3, 0.4) is 0 Å². The van der Waals surface area contributed by atoms with E-state index in [0.29, 0.717) is 12.6 Å². The molecule has 2 atom stereocenters. The Kier molecular flexibility index (Phi) is 5.20. The molecular weight excluding hydrogens is 263 g/mol. The molecule has 1 aromatic rings. The summed E-state index contributed by atoms with van der Waals surface area (Å²) in [6, 6.07) is 5.55. The minimum Gasteiger partial charge on any atom is -0.330 e. The molecule has 19 heavy (non-hydrogen) atoms. The summed E-state index contributed by atoms with van der Waals surface area (Å²) < 4.78 is 13.2. The molecule has 0 saturated carbocycles. The van der Waals surface area contributed by atoms with Crippen molar-refractivity contribution in [1.29, 1.82) is 0 Å². The zero-order valence-electron chi connectivity index (χ0n) is 11.4. The summed E-state index contributed by atoms with van der Waals surface area (Å²) in [7, 11) is 0. The Balaban J connectivity index is 2.08. The zero-order chi connectivity index (χ0) is 13.8. The number of benzene rings is 1. The predicted octanol–water partition coefficient (Wildman–Crippen LogP) is 3.40. The molecule has 106 valence electrons. The van der Waals surface area contributed by atoms with Gasteiger partial charge in [0.2, 0.25) is 0 Å². The van der Waals surface area contributed by atoms with Gasteiger partial charge in [0.25, 0.3) is 0 Å². The van der Waals surface area contributed by atoms with E-state index in [2.05, 4.69) is 11.8 Å². The van der Waals surface area contributed by atoms with Crippen LogP contribution in [0.25, 0.3) is 0 Å². The zero-order valence-corrected chi connectivity index (χ0v) is 12.2. The third-order valence-electron chi connectivity index (χ3n) is 4.10. The predicted molar refractivity (Wildman–Crippen MR) is 78.1 cm³/mol. The molecule has 0 aliphatic carbocycles. The van der Waals surface area contributed by atoms with E-state index in [-0.39, 0.29) is 16.8 Å². The fraction of sp³-hybridized carbons (Fsp3) is 0.600. The first-order chi connectivity index (χ1) is 9.11. The van der Waals surface area contributed by atoms with Crippen molar-refractivity contribution in [2.75, 3.05) is 19.6 Å². The third-order valence-corrected chi connectivity index (χ3v) is 4.38. The van der Waals surface area contributed by atoms with Crippen molar-refractivity contribution in [2.24, 2.45) is 5.73 Å². The van der Waals surface area contributed by atoms with Gasteiger partial charge in [-0.05, 0) is 44.0 Å². The highest BCUT2D eigenvalue weighted by atomic mass is 35.5. The molecule has 1 aromatic carbocycles. The van der Waals surface area contributed by atoms with Crippen LogP contribution in [0.15, 0.2) is 18.2 Å². The van der Waals surface area contributed by atoms with Crippen LogP contribution >= 0.6 is 11.6 Å². The quantitative estimate of drug-likeness (QED) is 0.918. The molecule has 1 aliphatic rings. The second-order valence-corrected chi connectivity index (χ2v) is 5.85. The van der Waals surface area contributed by atoms with Gasteiger partial charge in [-0.2, -0.15) is 0 Å². The van der Waals surface area contributed by atoms with Crippen molar-refractivity contribution < 1.29 is 4.39 Å². The van der Waals surface area contributed by atoms with Gasteiger partial charge in [0.15, 0.2) is 0 Å². The van der Waals surface area contributed by atoms with Crippen LogP contribution in [0.1, 0.15) is 37.7 Å².